The molecule has 0 aliphatic carbocycles. The van der Waals surface area contributed by atoms with Gasteiger partial charge in [0.2, 0.25) is 5.82 Å². The maximum absolute atomic E-state index is 10.9. The summed E-state index contributed by atoms with van der Waals surface area (Å²) in [5, 5.41) is 24.0. The van der Waals surface area contributed by atoms with Gasteiger partial charge >= 0.3 is 5.69 Å². The number of nitrogens with two attached hydrogens (primary N) is 1. The van der Waals surface area contributed by atoms with Crippen LogP contribution in [0.25, 0.3) is 0 Å². The van der Waals surface area contributed by atoms with Crippen LogP contribution in [0, 0.1) is 10.1 Å². The summed E-state index contributed by atoms with van der Waals surface area (Å²) in [6.45, 7) is 3.65. The molecule has 2 aliphatic heterocycles. The van der Waals surface area contributed by atoms with Crippen LogP contribution in [0.1, 0.15) is 6.42 Å². The van der Waals surface area contributed by atoms with E-state index in [1.54, 1.807) is 12.1 Å². The van der Waals surface area contributed by atoms with Crippen molar-refractivity contribution in [2.45, 2.75) is 6.42 Å². The van der Waals surface area contributed by atoms with Gasteiger partial charge in [-0.1, -0.05) is 23.2 Å². The summed E-state index contributed by atoms with van der Waals surface area (Å²) >= 11 is 12.4. The lowest BCUT2D eigenvalue weighted by atomic mass is 9.96. The molecule has 0 fully saturated rings. The van der Waals surface area contributed by atoms with Crippen molar-refractivity contribution in [1.29, 1.82) is 0 Å². The quantitative estimate of drug-likeness (QED) is 0.197. The molecule has 2 aromatic rings. The minimum atomic E-state index is -0.553. The topological polar surface area (TPSA) is 133 Å². The lowest BCUT2D eigenvalue weighted by Gasteiger charge is -2.34. The SMILES string of the molecule is Cl.Nc1nc(NCCNN2C=C(Nc3ccc(Cl)cc3Cl)C3=C(CNCC3)C2)ccc1[N+](=O)[O-]. The van der Waals surface area contributed by atoms with Crippen molar-refractivity contribution < 1.29 is 4.92 Å². The second-order valence-corrected chi connectivity index (χ2v) is 8.47. The Hall–Kier alpha value is -2.76. The molecule has 0 atom stereocenters. The van der Waals surface area contributed by atoms with Gasteiger partial charge in [0.1, 0.15) is 5.82 Å². The highest BCUT2D eigenvalue weighted by atomic mass is 35.5. The summed E-state index contributed by atoms with van der Waals surface area (Å²) in [6.07, 6.45) is 2.97. The van der Waals surface area contributed by atoms with Gasteiger partial charge in [0.05, 0.1) is 27.9 Å². The summed E-state index contributed by atoms with van der Waals surface area (Å²) in [7, 11) is 0. The first-order chi connectivity index (χ1) is 15.9. The van der Waals surface area contributed by atoms with Crippen LogP contribution in [0.15, 0.2) is 53.4 Å². The third-order valence-corrected chi connectivity index (χ3v) is 5.88. The Kier molecular flexibility index (Phi) is 8.81. The van der Waals surface area contributed by atoms with Gasteiger partial charge in [0.25, 0.3) is 0 Å². The van der Waals surface area contributed by atoms with Crippen LogP contribution in [0.5, 0.6) is 0 Å². The van der Waals surface area contributed by atoms with E-state index in [1.807, 2.05) is 17.3 Å². The number of rotatable bonds is 8. The third kappa shape index (κ3) is 6.22. The van der Waals surface area contributed by atoms with Crippen molar-refractivity contribution in [2.24, 2.45) is 0 Å². The highest BCUT2D eigenvalue weighted by molar-refractivity contribution is 6.36. The molecule has 0 unspecified atom stereocenters. The maximum atomic E-state index is 10.9. The predicted octanol–water partition coefficient (Wildman–Crippen LogP) is 3.78. The first-order valence-corrected chi connectivity index (χ1v) is 11.2. The van der Waals surface area contributed by atoms with Gasteiger partial charge in [-0.3, -0.25) is 10.1 Å². The second kappa shape index (κ2) is 11.6. The molecule has 2 aliphatic rings. The molecule has 3 heterocycles. The van der Waals surface area contributed by atoms with Crippen molar-refractivity contribution in [2.75, 3.05) is 49.1 Å². The smallest absolute Gasteiger partial charge is 0.311 e. The zero-order valence-corrected chi connectivity index (χ0v) is 20.4. The molecule has 0 spiro atoms. The fraction of sp³-hybridized carbons (Fsp3) is 0.286. The van der Waals surface area contributed by atoms with E-state index in [-0.39, 0.29) is 23.9 Å². The van der Waals surface area contributed by atoms with Crippen molar-refractivity contribution in [3.8, 4) is 0 Å². The first kappa shape index (κ1) is 25.9. The van der Waals surface area contributed by atoms with Gasteiger partial charge in [-0.05, 0) is 48.4 Å². The fourth-order valence-electron chi connectivity index (χ4n) is 3.75. The van der Waals surface area contributed by atoms with Gasteiger partial charge < -0.3 is 26.7 Å². The van der Waals surface area contributed by atoms with Gasteiger partial charge in [-0.15, -0.1) is 12.4 Å². The zero-order chi connectivity index (χ0) is 23.4. The molecule has 0 bridgehead atoms. The largest absolute Gasteiger partial charge is 0.378 e. The summed E-state index contributed by atoms with van der Waals surface area (Å²) in [5.41, 5.74) is 13.2. The lowest BCUT2D eigenvalue weighted by molar-refractivity contribution is -0.384. The van der Waals surface area contributed by atoms with Gasteiger partial charge in [-0.25, -0.2) is 10.4 Å². The van der Waals surface area contributed by atoms with Gasteiger partial charge in [0.15, 0.2) is 0 Å². The van der Waals surface area contributed by atoms with Crippen molar-refractivity contribution in [3.63, 3.8) is 0 Å². The van der Waals surface area contributed by atoms with E-state index in [0.29, 0.717) is 29.0 Å². The molecule has 4 rings (SSSR count). The number of benzene rings is 1. The number of hydrogen-bond donors (Lipinski definition) is 5. The summed E-state index contributed by atoms with van der Waals surface area (Å²) in [6, 6.07) is 8.27. The van der Waals surface area contributed by atoms with E-state index in [4.69, 9.17) is 28.9 Å². The molecule has 6 N–H and O–H groups in total. The molecular formula is C21H25Cl3N8O2. The molecule has 0 saturated carbocycles. The number of pyridine rings is 1. The van der Waals surface area contributed by atoms with E-state index >= 15 is 0 Å². The Morgan fingerprint density at radius 3 is 2.79 bits per heavy atom. The number of allylic oxidation sites excluding steroid dienone is 1. The normalized spacial score (nSPS) is 15.2. The lowest BCUT2D eigenvalue weighted by Crippen LogP contribution is -2.43. The third-order valence-electron chi connectivity index (χ3n) is 5.33. The highest BCUT2D eigenvalue weighted by Gasteiger charge is 2.23. The van der Waals surface area contributed by atoms with E-state index in [0.717, 1.165) is 37.4 Å². The standard InChI is InChI=1S/C21H24Cl2N8O2.ClH/c22-14-1-2-17(16(23)9-14)28-18-12-30(11-13-10-25-6-5-15(13)18)27-8-7-26-20-4-3-19(31(32)33)21(24)29-20;/h1-4,9,12,25,27-28H,5-8,10-11H2,(H3,24,26,29);1H. The number of nitrogens with zero attached hydrogens (tertiary/aromatic N) is 3. The summed E-state index contributed by atoms with van der Waals surface area (Å²) in [5.74, 6) is 0.369. The minimum Gasteiger partial charge on any atom is -0.378 e. The maximum Gasteiger partial charge on any atom is 0.311 e. The predicted molar refractivity (Wildman–Crippen MR) is 138 cm³/mol. The Balaban J connectivity index is 0.00000324. The molecule has 0 saturated heterocycles. The average Bonchev–Trinajstić information content (AvgIpc) is 2.78. The zero-order valence-electron chi connectivity index (χ0n) is 18.1. The Labute approximate surface area is 213 Å². The Morgan fingerprint density at radius 2 is 2.06 bits per heavy atom. The number of halogens is 3. The molecule has 1 aromatic heterocycles. The monoisotopic (exact) mass is 526 g/mol. The van der Waals surface area contributed by atoms with E-state index in [9.17, 15) is 10.1 Å². The number of nitrogens with one attached hydrogen (secondary N) is 4. The van der Waals surface area contributed by atoms with Crippen LogP contribution in [-0.2, 0) is 0 Å². The number of aromatic nitrogens is 1. The number of nitro groups is 1. The fourth-order valence-corrected chi connectivity index (χ4v) is 4.21. The molecule has 0 amide bonds. The van der Waals surface area contributed by atoms with Crippen LogP contribution in [0.4, 0.5) is 23.0 Å². The molecule has 13 heteroatoms. The van der Waals surface area contributed by atoms with Crippen LogP contribution in [0.2, 0.25) is 10.0 Å². The number of anilines is 3. The van der Waals surface area contributed by atoms with Gasteiger partial charge in [-0.2, -0.15) is 0 Å². The second-order valence-electron chi connectivity index (χ2n) is 7.62. The molecule has 182 valence electrons. The molecule has 1 aromatic carbocycles. The number of nitrogen functional groups attached to an aromatic ring is 1. The Morgan fingerprint density at radius 1 is 1.24 bits per heavy atom. The first-order valence-electron chi connectivity index (χ1n) is 10.4. The van der Waals surface area contributed by atoms with Crippen molar-refractivity contribution in [1.82, 2.24) is 20.7 Å². The van der Waals surface area contributed by atoms with Gasteiger partial charge in [0, 0.05) is 36.9 Å². The number of hydrogen-bond acceptors (Lipinski definition) is 9. The molecule has 0 radical (unpaired) electrons. The number of hydrazine groups is 1. The van der Waals surface area contributed by atoms with Crippen LogP contribution in [-0.4, -0.2) is 47.6 Å². The molecular weight excluding hydrogens is 503 g/mol. The summed E-state index contributed by atoms with van der Waals surface area (Å²) < 4.78 is 0. The van der Waals surface area contributed by atoms with E-state index < -0.39 is 4.92 Å². The van der Waals surface area contributed by atoms with Crippen molar-refractivity contribution >= 4 is 58.6 Å². The average molecular weight is 528 g/mol. The minimum absolute atomic E-state index is 0. The molecule has 10 nitrogen and oxygen atoms in total. The van der Waals surface area contributed by atoms with E-state index in [1.165, 1.54) is 23.3 Å². The molecule has 34 heavy (non-hydrogen) atoms. The van der Waals surface area contributed by atoms with Crippen molar-refractivity contribution in [3.05, 3.63) is 73.5 Å². The Bertz CT molecular complexity index is 1130. The van der Waals surface area contributed by atoms with E-state index in [2.05, 4.69) is 26.4 Å². The van der Waals surface area contributed by atoms with Crippen LogP contribution < -0.4 is 27.1 Å². The highest BCUT2D eigenvalue weighted by Crippen LogP contribution is 2.31. The summed E-state index contributed by atoms with van der Waals surface area (Å²) in [4.78, 5) is 14.3. The van der Waals surface area contributed by atoms with Crippen LogP contribution in [0.3, 0.4) is 0 Å². The van der Waals surface area contributed by atoms with Crippen LogP contribution >= 0.6 is 35.6 Å².